The summed E-state index contributed by atoms with van der Waals surface area (Å²) in [7, 11) is 0. The quantitative estimate of drug-likeness (QED) is 0.687. The van der Waals surface area contributed by atoms with Crippen LogP contribution >= 0.6 is 23.2 Å². The highest BCUT2D eigenvalue weighted by atomic mass is 35.5. The van der Waals surface area contributed by atoms with Gasteiger partial charge in [-0.25, -0.2) is 4.39 Å². The van der Waals surface area contributed by atoms with Gasteiger partial charge in [0.05, 0.1) is 5.02 Å². The van der Waals surface area contributed by atoms with E-state index in [1.807, 2.05) is 0 Å². The predicted molar refractivity (Wildman–Crippen MR) is 80.5 cm³/mol. The van der Waals surface area contributed by atoms with Gasteiger partial charge in [-0.05, 0) is 42.5 Å². The fourth-order valence-corrected chi connectivity index (χ4v) is 2.22. The number of halogens is 3. The summed E-state index contributed by atoms with van der Waals surface area (Å²) in [5.41, 5.74) is 0.654. The fraction of sp³-hybridized carbons (Fsp3) is 0.0667. The molecule has 4 nitrogen and oxygen atoms in total. The van der Waals surface area contributed by atoms with Crippen molar-refractivity contribution in [1.82, 2.24) is 10.1 Å². The van der Waals surface area contributed by atoms with Gasteiger partial charge in [-0.1, -0.05) is 28.4 Å². The van der Waals surface area contributed by atoms with E-state index < -0.39 is 0 Å². The average molecular weight is 339 g/mol. The molecule has 0 atom stereocenters. The molecule has 1 heterocycles. The summed E-state index contributed by atoms with van der Waals surface area (Å²) < 4.78 is 23.5. The Labute approximate surface area is 135 Å². The number of rotatable bonds is 4. The number of benzene rings is 2. The van der Waals surface area contributed by atoms with Crippen LogP contribution < -0.4 is 4.74 Å². The van der Waals surface area contributed by atoms with Crippen LogP contribution in [0, 0.1) is 5.82 Å². The summed E-state index contributed by atoms with van der Waals surface area (Å²) >= 11 is 11.8. The zero-order valence-electron chi connectivity index (χ0n) is 11.1. The molecule has 0 N–H and O–H groups in total. The Balaban J connectivity index is 1.70. The van der Waals surface area contributed by atoms with E-state index in [-0.39, 0.29) is 18.3 Å². The minimum atomic E-state index is -0.326. The van der Waals surface area contributed by atoms with E-state index in [9.17, 15) is 4.39 Å². The van der Waals surface area contributed by atoms with E-state index in [0.29, 0.717) is 27.2 Å². The lowest BCUT2D eigenvalue weighted by Crippen LogP contribution is -1.96. The third kappa shape index (κ3) is 3.37. The Morgan fingerprint density at radius 2 is 1.86 bits per heavy atom. The lowest BCUT2D eigenvalue weighted by atomic mass is 10.2. The van der Waals surface area contributed by atoms with Crippen molar-refractivity contribution in [2.45, 2.75) is 6.61 Å². The van der Waals surface area contributed by atoms with Crippen LogP contribution in [0.5, 0.6) is 5.75 Å². The minimum Gasteiger partial charge on any atom is -0.482 e. The predicted octanol–water partition coefficient (Wildman–Crippen LogP) is 4.76. The lowest BCUT2D eigenvalue weighted by molar-refractivity contribution is 0.243. The Bertz CT molecular complexity index is 790. The fourth-order valence-electron chi connectivity index (χ4n) is 1.76. The molecule has 3 rings (SSSR count). The van der Waals surface area contributed by atoms with Gasteiger partial charge in [0.2, 0.25) is 5.82 Å². The summed E-state index contributed by atoms with van der Waals surface area (Å²) in [5, 5.41) is 4.74. The Morgan fingerprint density at radius 1 is 1.09 bits per heavy atom. The van der Waals surface area contributed by atoms with Crippen molar-refractivity contribution in [3.63, 3.8) is 0 Å². The molecule has 0 radical (unpaired) electrons. The maximum Gasteiger partial charge on any atom is 0.264 e. The minimum absolute atomic E-state index is 0.0650. The number of nitrogens with zero attached hydrogens (tertiary/aromatic N) is 2. The molecule has 0 bridgehead atoms. The summed E-state index contributed by atoms with van der Waals surface area (Å²) in [6.45, 7) is 0.0650. The Morgan fingerprint density at radius 3 is 2.59 bits per heavy atom. The largest absolute Gasteiger partial charge is 0.482 e. The van der Waals surface area contributed by atoms with E-state index in [0.717, 1.165) is 0 Å². The van der Waals surface area contributed by atoms with Crippen LogP contribution in [0.4, 0.5) is 4.39 Å². The highest BCUT2D eigenvalue weighted by Crippen LogP contribution is 2.28. The van der Waals surface area contributed by atoms with E-state index in [2.05, 4.69) is 10.1 Å². The molecule has 112 valence electrons. The summed E-state index contributed by atoms with van der Waals surface area (Å²) in [6, 6.07) is 10.7. The highest BCUT2D eigenvalue weighted by Gasteiger charge is 2.10. The second-order valence-electron chi connectivity index (χ2n) is 4.38. The smallest absolute Gasteiger partial charge is 0.264 e. The van der Waals surface area contributed by atoms with Gasteiger partial charge >= 0.3 is 0 Å². The molecule has 0 saturated carbocycles. The zero-order chi connectivity index (χ0) is 15.5. The number of hydrogen-bond donors (Lipinski definition) is 0. The maximum atomic E-state index is 12.9. The van der Waals surface area contributed by atoms with Crippen LogP contribution in [0.2, 0.25) is 10.0 Å². The van der Waals surface area contributed by atoms with Crippen molar-refractivity contribution in [2.75, 3.05) is 0 Å². The second-order valence-corrected chi connectivity index (χ2v) is 5.23. The van der Waals surface area contributed by atoms with Gasteiger partial charge < -0.3 is 9.26 Å². The van der Waals surface area contributed by atoms with Crippen molar-refractivity contribution in [1.29, 1.82) is 0 Å². The van der Waals surface area contributed by atoms with E-state index in [1.165, 1.54) is 12.1 Å². The highest BCUT2D eigenvalue weighted by molar-refractivity contribution is 6.35. The van der Waals surface area contributed by atoms with Crippen molar-refractivity contribution >= 4 is 23.2 Å². The molecule has 0 aliphatic carbocycles. The SMILES string of the molecule is Fc1ccc(-c2noc(COc3ccc(Cl)cc3Cl)n2)cc1. The standard InChI is InChI=1S/C15H9Cl2FN2O2/c16-10-3-6-13(12(17)7-10)21-8-14-19-15(20-22-14)9-1-4-11(18)5-2-9/h1-7H,8H2. The van der Waals surface area contributed by atoms with Crippen LogP contribution in [0.3, 0.4) is 0 Å². The molecule has 0 aliphatic rings. The van der Waals surface area contributed by atoms with Crippen molar-refractivity contribution in [2.24, 2.45) is 0 Å². The van der Waals surface area contributed by atoms with Crippen LogP contribution in [-0.4, -0.2) is 10.1 Å². The first-order chi connectivity index (χ1) is 10.6. The zero-order valence-corrected chi connectivity index (χ0v) is 12.6. The molecule has 0 unspecified atom stereocenters. The van der Waals surface area contributed by atoms with Crippen LogP contribution in [0.25, 0.3) is 11.4 Å². The normalized spacial score (nSPS) is 10.7. The van der Waals surface area contributed by atoms with E-state index in [1.54, 1.807) is 30.3 Å². The Hall–Kier alpha value is -2.11. The molecule has 0 fully saturated rings. The Kier molecular flexibility index (Phi) is 4.27. The van der Waals surface area contributed by atoms with E-state index >= 15 is 0 Å². The van der Waals surface area contributed by atoms with Gasteiger partial charge in [0.1, 0.15) is 11.6 Å². The van der Waals surface area contributed by atoms with Gasteiger partial charge in [0.25, 0.3) is 5.89 Å². The molecule has 1 aromatic heterocycles. The summed E-state index contributed by atoms with van der Waals surface area (Å²) in [5.74, 6) is 0.784. The number of ether oxygens (including phenoxy) is 1. The van der Waals surface area contributed by atoms with Gasteiger partial charge in [-0.3, -0.25) is 0 Å². The molecule has 0 spiro atoms. The second kappa shape index (κ2) is 6.34. The number of hydrogen-bond acceptors (Lipinski definition) is 4. The molecule has 0 amide bonds. The third-order valence-corrected chi connectivity index (χ3v) is 3.35. The van der Waals surface area contributed by atoms with Gasteiger partial charge in [0, 0.05) is 10.6 Å². The molecule has 7 heteroatoms. The molecule has 0 saturated heterocycles. The van der Waals surface area contributed by atoms with Crippen LogP contribution in [0.15, 0.2) is 47.0 Å². The van der Waals surface area contributed by atoms with Crippen LogP contribution in [-0.2, 0) is 6.61 Å². The lowest BCUT2D eigenvalue weighted by Gasteiger charge is -2.05. The van der Waals surface area contributed by atoms with Gasteiger partial charge in [-0.2, -0.15) is 4.98 Å². The van der Waals surface area contributed by atoms with Crippen molar-refractivity contribution in [3.05, 3.63) is 64.2 Å². The molecular weight excluding hydrogens is 330 g/mol. The van der Waals surface area contributed by atoms with Crippen LogP contribution in [0.1, 0.15) is 5.89 Å². The summed E-state index contributed by atoms with van der Waals surface area (Å²) in [4.78, 5) is 4.18. The van der Waals surface area contributed by atoms with E-state index in [4.69, 9.17) is 32.5 Å². The monoisotopic (exact) mass is 338 g/mol. The van der Waals surface area contributed by atoms with Crippen molar-refractivity contribution < 1.29 is 13.7 Å². The van der Waals surface area contributed by atoms with Gasteiger partial charge in [-0.15, -0.1) is 0 Å². The summed E-state index contributed by atoms with van der Waals surface area (Å²) in [6.07, 6.45) is 0. The van der Waals surface area contributed by atoms with Crippen molar-refractivity contribution in [3.8, 4) is 17.1 Å². The average Bonchev–Trinajstić information content (AvgIpc) is 2.96. The first kappa shape index (κ1) is 14.8. The molecular formula is C15H9Cl2FN2O2. The van der Waals surface area contributed by atoms with Gasteiger partial charge in [0.15, 0.2) is 6.61 Å². The topological polar surface area (TPSA) is 48.2 Å². The molecule has 0 aliphatic heterocycles. The molecule has 22 heavy (non-hydrogen) atoms. The maximum absolute atomic E-state index is 12.9. The first-order valence-corrected chi connectivity index (χ1v) is 7.04. The molecule has 3 aromatic rings. The number of aromatic nitrogens is 2. The molecule has 2 aromatic carbocycles. The third-order valence-electron chi connectivity index (χ3n) is 2.82. The first-order valence-electron chi connectivity index (χ1n) is 6.28.